The number of nitrogens with zero attached hydrogens (tertiary/aromatic N) is 1. The molecule has 0 spiro atoms. The van der Waals surface area contributed by atoms with E-state index in [0.717, 1.165) is 19.4 Å². The summed E-state index contributed by atoms with van der Waals surface area (Å²) in [6, 6.07) is 0.516. The lowest BCUT2D eigenvalue weighted by Gasteiger charge is -2.42. The van der Waals surface area contributed by atoms with Crippen molar-refractivity contribution >= 4 is 5.97 Å². The second-order valence-electron chi connectivity index (χ2n) is 4.31. The van der Waals surface area contributed by atoms with Crippen molar-refractivity contribution in [1.82, 2.24) is 4.90 Å². The molecule has 0 heterocycles. The van der Waals surface area contributed by atoms with Gasteiger partial charge in [-0.2, -0.15) is 0 Å². The maximum Gasteiger partial charge on any atom is 0.307 e. The fourth-order valence-corrected chi connectivity index (χ4v) is 1.99. The van der Waals surface area contributed by atoms with Gasteiger partial charge in [0, 0.05) is 19.7 Å². The first-order chi connectivity index (χ1) is 7.08. The maximum atomic E-state index is 10.7. The Bertz CT molecular complexity index is 214. The molecule has 0 aliphatic heterocycles. The predicted octanol–water partition coefficient (Wildman–Crippen LogP) is 1.21. The highest BCUT2D eigenvalue weighted by Gasteiger charge is 2.33. The first kappa shape index (κ1) is 12.5. The molecule has 4 heteroatoms. The number of rotatable bonds is 6. The molecule has 0 aromatic heterocycles. The van der Waals surface area contributed by atoms with Crippen LogP contribution in [0.3, 0.4) is 0 Å². The van der Waals surface area contributed by atoms with Gasteiger partial charge in [0.1, 0.15) is 0 Å². The van der Waals surface area contributed by atoms with E-state index in [9.17, 15) is 4.79 Å². The van der Waals surface area contributed by atoms with Crippen LogP contribution in [0.25, 0.3) is 0 Å². The monoisotopic (exact) mass is 215 g/mol. The third-order valence-corrected chi connectivity index (χ3v) is 3.26. The van der Waals surface area contributed by atoms with Crippen molar-refractivity contribution in [3.8, 4) is 0 Å². The molecule has 1 N–H and O–H groups in total. The Morgan fingerprint density at radius 2 is 2.20 bits per heavy atom. The van der Waals surface area contributed by atoms with Gasteiger partial charge in [-0.3, -0.25) is 9.69 Å². The molecule has 1 atom stereocenters. The molecule has 1 saturated carbocycles. The van der Waals surface area contributed by atoms with E-state index >= 15 is 0 Å². The number of carboxylic acid groups (broad SMARTS) is 1. The standard InChI is InChI=1S/C11H21NO3/c1-4-12(7-8(2)11(13)14)9-5-10(6-9)15-3/h8-10H,4-7H2,1-3H3,(H,13,14). The molecule has 88 valence electrons. The molecule has 0 bridgehead atoms. The van der Waals surface area contributed by atoms with Crippen LogP contribution in [0.2, 0.25) is 0 Å². The minimum Gasteiger partial charge on any atom is -0.481 e. The van der Waals surface area contributed by atoms with Crippen LogP contribution in [-0.4, -0.2) is 48.3 Å². The summed E-state index contributed by atoms with van der Waals surface area (Å²) in [6.45, 7) is 5.40. The summed E-state index contributed by atoms with van der Waals surface area (Å²) in [5.41, 5.74) is 0. The number of ether oxygens (including phenoxy) is 1. The van der Waals surface area contributed by atoms with Gasteiger partial charge >= 0.3 is 5.97 Å². The molecule has 1 aliphatic carbocycles. The molecule has 1 aliphatic rings. The average Bonchev–Trinajstić information content (AvgIpc) is 2.14. The Labute approximate surface area is 91.2 Å². The molecule has 15 heavy (non-hydrogen) atoms. The number of carbonyl (C=O) groups is 1. The van der Waals surface area contributed by atoms with Crippen molar-refractivity contribution in [3.05, 3.63) is 0 Å². The third-order valence-electron chi connectivity index (χ3n) is 3.26. The van der Waals surface area contributed by atoms with Gasteiger partial charge in [-0.1, -0.05) is 13.8 Å². The lowest BCUT2D eigenvalue weighted by Crippen LogP contribution is -2.49. The minimum absolute atomic E-state index is 0.286. The largest absolute Gasteiger partial charge is 0.481 e. The molecule has 0 saturated heterocycles. The van der Waals surface area contributed by atoms with Crippen LogP contribution in [0.4, 0.5) is 0 Å². The number of methoxy groups -OCH3 is 1. The number of hydrogen-bond acceptors (Lipinski definition) is 3. The highest BCUT2D eigenvalue weighted by Crippen LogP contribution is 2.28. The van der Waals surface area contributed by atoms with E-state index in [-0.39, 0.29) is 5.92 Å². The van der Waals surface area contributed by atoms with E-state index in [4.69, 9.17) is 9.84 Å². The Hall–Kier alpha value is -0.610. The van der Waals surface area contributed by atoms with E-state index in [1.54, 1.807) is 14.0 Å². The Morgan fingerprint density at radius 1 is 1.60 bits per heavy atom. The van der Waals surface area contributed by atoms with Crippen LogP contribution in [0.5, 0.6) is 0 Å². The predicted molar refractivity (Wildman–Crippen MR) is 57.9 cm³/mol. The molecule has 4 nitrogen and oxygen atoms in total. The lowest BCUT2D eigenvalue weighted by molar-refractivity contribution is -0.142. The normalized spacial score (nSPS) is 27.5. The Kier molecular flexibility index (Phi) is 4.54. The second-order valence-corrected chi connectivity index (χ2v) is 4.31. The average molecular weight is 215 g/mol. The van der Waals surface area contributed by atoms with Crippen molar-refractivity contribution in [3.63, 3.8) is 0 Å². The SMILES string of the molecule is CCN(CC(C)C(=O)O)C1CC(OC)C1. The van der Waals surface area contributed by atoms with Crippen LogP contribution in [0.1, 0.15) is 26.7 Å². The first-order valence-electron chi connectivity index (χ1n) is 5.58. The van der Waals surface area contributed by atoms with Gasteiger partial charge in [-0.05, 0) is 19.4 Å². The number of aliphatic carboxylic acids is 1. The van der Waals surface area contributed by atoms with Crippen molar-refractivity contribution in [2.75, 3.05) is 20.2 Å². The van der Waals surface area contributed by atoms with Crippen LogP contribution in [-0.2, 0) is 9.53 Å². The summed E-state index contributed by atoms with van der Waals surface area (Å²) >= 11 is 0. The van der Waals surface area contributed by atoms with Crippen LogP contribution >= 0.6 is 0 Å². The molecule has 1 fully saturated rings. The molecule has 0 aromatic carbocycles. The second kappa shape index (κ2) is 5.47. The Morgan fingerprint density at radius 3 is 2.60 bits per heavy atom. The molecule has 0 aromatic rings. The van der Waals surface area contributed by atoms with Gasteiger partial charge in [-0.25, -0.2) is 0 Å². The first-order valence-corrected chi connectivity index (χ1v) is 5.58. The summed E-state index contributed by atoms with van der Waals surface area (Å²) in [7, 11) is 1.73. The van der Waals surface area contributed by atoms with Crippen LogP contribution in [0.15, 0.2) is 0 Å². The van der Waals surface area contributed by atoms with Crippen molar-refractivity contribution in [2.45, 2.75) is 38.8 Å². The Balaban J connectivity index is 2.34. The van der Waals surface area contributed by atoms with E-state index in [2.05, 4.69) is 11.8 Å². The molecular formula is C11H21NO3. The van der Waals surface area contributed by atoms with Crippen molar-refractivity contribution in [1.29, 1.82) is 0 Å². The van der Waals surface area contributed by atoms with Crippen LogP contribution < -0.4 is 0 Å². The van der Waals surface area contributed by atoms with Gasteiger partial charge in [-0.15, -0.1) is 0 Å². The summed E-state index contributed by atoms with van der Waals surface area (Å²) in [6.07, 6.45) is 2.46. The van der Waals surface area contributed by atoms with Gasteiger partial charge < -0.3 is 9.84 Å². The fourth-order valence-electron chi connectivity index (χ4n) is 1.99. The lowest BCUT2D eigenvalue weighted by atomic mass is 9.87. The van der Waals surface area contributed by atoms with E-state index < -0.39 is 5.97 Å². The number of hydrogen-bond donors (Lipinski definition) is 1. The van der Waals surface area contributed by atoms with Crippen molar-refractivity contribution < 1.29 is 14.6 Å². The molecular weight excluding hydrogens is 194 g/mol. The molecule has 0 amide bonds. The zero-order chi connectivity index (χ0) is 11.4. The zero-order valence-corrected chi connectivity index (χ0v) is 9.77. The van der Waals surface area contributed by atoms with E-state index in [0.29, 0.717) is 18.7 Å². The third kappa shape index (κ3) is 3.18. The van der Waals surface area contributed by atoms with Gasteiger partial charge in [0.05, 0.1) is 12.0 Å². The number of carboxylic acids is 1. The van der Waals surface area contributed by atoms with Gasteiger partial charge in [0.2, 0.25) is 0 Å². The van der Waals surface area contributed by atoms with Gasteiger partial charge in [0.25, 0.3) is 0 Å². The highest BCUT2D eigenvalue weighted by atomic mass is 16.5. The summed E-state index contributed by atoms with van der Waals surface area (Å²) in [5, 5.41) is 8.85. The van der Waals surface area contributed by atoms with Crippen LogP contribution in [0, 0.1) is 5.92 Å². The zero-order valence-electron chi connectivity index (χ0n) is 9.77. The quantitative estimate of drug-likeness (QED) is 0.723. The summed E-state index contributed by atoms with van der Waals surface area (Å²) in [4.78, 5) is 13.0. The molecule has 1 unspecified atom stereocenters. The maximum absolute atomic E-state index is 10.7. The minimum atomic E-state index is -0.712. The summed E-state index contributed by atoms with van der Waals surface area (Å²) < 4.78 is 5.22. The summed E-state index contributed by atoms with van der Waals surface area (Å²) in [5.74, 6) is -0.998. The highest BCUT2D eigenvalue weighted by molar-refractivity contribution is 5.69. The fraction of sp³-hybridized carbons (Fsp3) is 0.909. The molecule has 1 rings (SSSR count). The van der Waals surface area contributed by atoms with E-state index in [1.807, 2.05) is 0 Å². The smallest absolute Gasteiger partial charge is 0.307 e. The van der Waals surface area contributed by atoms with Crippen molar-refractivity contribution in [2.24, 2.45) is 5.92 Å². The topological polar surface area (TPSA) is 49.8 Å². The van der Waals surface area contributed by atoms with Gasteiger partial charge in [0.15, 0.2) is 0 Å². The van der Waals surface area contributed by atoms with E-state index in [1.165, 1.54) is 0 Å². The molecule has 0 radical (unpaired) electrons.